The van der Waals surface area contributed by atoms with Gasteiger partial charge in [0.2, 0.25) is 0 Å². The number of amides is 1. The lowest BCUT2D eigenvalue weighted by Gasteiger charge is -2.19. The first-order valence-electron chi connectivity index (χ1n) is 6.49. The van der Waals surface area contributed by atoms with Crippen molar-refractivity contribution in [2.45, 2.75) is 31.3 Å². The van der Waals surface area contributed by atoms with E-state index in [1.807, 2.05) is 6.26 Å². The maximum absolute atomic E-state index is 12.1. The molecule has 0 aromatic heterocycles. The van der Waals surface area contributed by atoms with Crippen molar-refractivity contribution in [1.82, 2.24) is 5.32 Å². The number of benzene rings is 1. The molecule has 1 amide bonds. The number of hydrogen-bond acceptors (Lipinski definition) is 5. The molecule has 0 saturated carbocycles. The number of Topliss-reactive ketones (excluding diaryl/α,β-unsaturated/α-hetero) is 1. The molecule has 6 heteroatoms. The van der Waals surface area contributed by atoms with E-state index in [0.29, 0.717) is 5.56 Å². The Kier molecular flexibility index (Phi) is 6.08. The molecule has 0 bridgehead atoms. The predicted molar refractivity (Wildman–Crippen MR) is 83.3 cm³/mol. The molecule has 0 aliphatic carbocycles. The monoisotopic (exact) mass is 311 g/mol. The average molecular weight is 311 g/mol. The van der Waals surface area contributed by atoms with E-state index in [1.54, 1.807) is 46.1 Å². The Morgan fingerprint density at radius 3 is 2.48 bits per heavy atom. The summed E-state index contributed by atoms with van der Waals surface area (Å²) in [6, 6.07) is 5.17. The number of hydrogen-bond donors (Lipinski definition) is 1. The van der Waals surface area contributed by atoms with E-state index >= 15 is 0 Å². The van der Waals surface area contributed by atoms with Crippen LogP contribution in [0, 0.1) is 0 Å². The number of carbonyl (C=O) groups excluding carboxylic acids is 2. The molecule has 1 N–H and O–H groups in total. The van der Waals surface area contributed by atoms with Crippen LogP contribution >= 0.6 is 11.8 Å². The smallest absolute Gasteiger partial charge is 0.408 e. The highest BCUT2D eigenvalue weighted by molar-refractivity contribution is 7.98. The summed E-state index contributed by atoms with van der Waals surface area (Å²) >= 11 is 1.49. The number of methoxy groups -OCH3 is 1. The normalized spacial score (nSPS) is 10.9. The molecule has 0 aliphatic rings. The van der Waals surface area contributed by atoms with E-state index in [1.165, 1.54) is 11.8 Å². The first-order valence-corrected chi connectivity index (χ1v) is 7.71. The molecule has 1 aromatic carbocycles. The van der Waals surface area contributed by atoms with Crippen LogP contribution in [0.3, 0.4) is 0 Å². The average Bonchev–Trinajstić information content (AvgIpc) is 2.42. The standard InChI is InChI=1S/C15H21NO4S/c1-15(2,3)20-14(18)16-9-11(17)10-6-7-12(19-4)13(8-10)21-5/h6-8H,9H2,1-5H3,(H,16,18). The largest absolute Gasteiger partial charge is 0.496 e. The Hall–Kier alpha value is -1.69. The van der Waals surface area contributed by atoms with E-state index in [0.717, 1.165) is 10.6 Å². The van der Waals surface area contributed by atoms with Crippen molar-refractivity contribution in [3.8, 4) is 5.75 Å². The molecule has 0 heterocycles. The van der Waals surface area contributed by atoms with Crippen LogP contribution in [-0.4, -0.2) is 37.4 Å². The molecule has 21 heavy (non-hydrogen) atoms. The summed E-state index contributed by atoms with van der Waals surface area (Å²) in [5.74, 6) is 0.540. The van der Waals surface area contributed by atoms with Gasteiger partial charge in [-0.05, 0) is 45.2 Å². The van der Waals surface area contributed by atoms with Crippen LogP contribution in [0.4, 0.5) is 4.79 Å². The summed E-state index contributed by atoms with van der Waals surface area (Å²) in [6.45, 7) is 5.20. The topological polar surface area (TPSA) is 64.6 Å². The van der Waals surface area contributed by atoms with Crippen LogP contribution in [0.5, 0.6) is 5.75 Å². The minimum atomic E-state index is -0.602. The number of carbonyl (C=O) groups is 2. The fourth-order valence-electron chi connectivity index (χ4n) is 1.58. The van der Waals surface area contributed by atoms with Gasteiger partial charge in [0.15, 0.2) is 5.78 Å². The maximum atomic E-state index is 12.1. The van der Waals surface area contributed by atoms with Gasteiger partial charge in [-0.3, -0.25) is 4.79 Å². The van der Waals surface area contributed by atoms with Crippen molar-refractivity contribution in [1.29, 1.82) is 0 Å². The summed E-state index contributed by atoms with van der Waals surface area (Å²) in [4.78, 5) is 24.4. The highest BCUT2D eigenvalue weighted by atomic mass is 32.2. The first kappa shape index (κ1) is 17.4. The summed E-state index contributed by atoms with van der Waals surface area (Å²) in [7, 11) is 1.58. The Balaban J connectivity index is 2.66. The van der Waals surface area contributed by atoms with Crippen molar-refractivity contribution < 1.29 is 19.1 Å². The van der Waals surface area contributed by atoms with E-state index in [9.17, 15) is 9.59 Å². The van der Waals surface area contributed by atoms with Gasteiger partial charge in [0.1, 0.15) is 11.4 Å². The zero-order valence-electron chi connectivity index (χ0n) is 13.0. The molecule has 116 valence electrons. The second kappa shape index (κ2) is 7.36. The summed E-state index contributed by atoms with van der Waals surface area (Å²) in [6.07, 6.45) is 1.31. The van der Waals surface area contributed by atoms with Gasteiger partial charge in [-0.1, -0.05) is 0 Å². The highest BCUT2D eigenvalue weighted by Crippen LogP contribution is 2.28. The lowest BCUT2D eigenvalue weighted by Crippen LogP contribution is -2.35. The minimum Gasteiger partial charge on any atom is -0.496 e. The van der Waals surface area contributed by atoms with Crippen LogP contribution in [-0.2, 0) is 4.74 Å². The molecule has 0 radical (unpaired) electrons. The van der Waals surface area contributed by atoms with Crippen LogP contribution < -0.4 is 10.1 Å². The number of ketones is 1. The van der Waals surface area contributed by atoms with Gasteiger partial charge in [0, 0.05) is 10.5 Å². The van der Waals surface area contributed by atoms with Crippen LogP contribution in [0.2, 0.25) is 0 Å². The van der Waals surface area contributed by atoms with Crippen molar-refractivity contribution >= 4 is 23.6 Å². The molecular weight excluding hydrogens is 290 g/mol. The van der Waals surface area contributed by atoms with E-state index in [2.05, 4.69) is 5.32 Å². The second-order valence-corrected chi connectivity index (χ2v) is 6.20. The minimum absolute atomic E-state index is 0.102. The van der Waals surface area contributed by atoms with Crippen LogP contribution in [0.1, 0.15) is 31.1 Å². The summed E-state index contributed by atoms with van der Waals surface area (Å²) in [5.41, 5.74) is -0.0598. The molecule has 1 aromatic rings. The lowest BCUT2D eigenvalue weighted by atomic mass is 10.1. The number of ether oxygens (including phenoxy) is 2. The molecule has 0 saturated heterocycles. The van der Waals surface area contributed by atoms with E-state index in [4.69, 9.17) is 9.47 Å². The van der Waals surface area contributed by atoms with Crippen molar-refractivity contribution in [2.24, 2.45) is 0 Å². The van der Waals surface area contributed by atoms with Crippen molar-refractivity contribution in [3.63, 3.8) is 0 Å². The molecule has 0 fully saturated rings. The quantitative estimate of drug-likeness (QED) is 0.668. The molecule has 0 spiro atoms. The third-order valence-electron chi connectivity index (χ3n) is 2.50. The Morgan fingerprint density at radius 2 is 1.95 bits per heavy atom. The Bertz CT molecular complexity index is 523. The summed E-state index contributed by atoms with van der Waals surface area (Å²) in [5, 5.41) is 2.45. The molecule has 0 atom stereocenters. The third kappa shape index (κ3) is 5.67. The fraction of sp³-hybridized carbons (Fsp3) is 0.467. The number of rotatable bonds is 5. The lowest BCUT2D eigenvalue weighted by molar-refractivity contribution is 0.0520. The zero-order valence-corrected chi connectivity index (χ0v) is 13.8. The second-order valence-electron chi connectivity index (χ2n) is 5.35. The fourth-order valence-corrected chi connectivity index (χ4v) is 2.18. The van der Waals surface area contributed by atoms with Gasteiger partial charge in [-0.25, -0.2) is 4.79 Å². The predicted octanol–water partition coefficient (Wildman–Crippen LogP) is 3.12. The zero-order chi connectivity index (χ0) is 16.0. The number of alkyl carbamates (subject to hydrolysis) is 1. The van der Waals surface area contributed by atoms with Gasteiger partial charge in [0.25, 0.3) is 0 Å². The number of nitrogens with one attached hydrogen (secondary N) is 1. The Labute approximate surface area is 129 Å². The molecule has 0 aliphatic heterocycles. The van der Waals surface area contributed by atoms with Crippen LogP contribution in [0.25, 0.3) is 0 Å². The van der Waals surface area contributed by atoms with Gasteiger partial charge in [-0.15, -0.1) is 11.8 Å². The van der Waals surface area contributed by atoms with Crippen LogP contribution in [0.15, 0.2) is 23.1 Å². The molecule has 5 nitrogen and oxygen atoms in total. The number of thioether (sulfide) groups is 1. The van der Waals surface area contributed by atoms with E-state index in [-0.39, 0.29) is 12.3 Å². The molecule has 0 unspecified atom stereocenters. The molecular formula is C15H21NO4S. The summed E-state index contributed by atoms with van der Waals surface area (Å²) < 4.78 is 10.3. The Morgan fingerprint density at radius 1 is 1.29 bits per heavy atom. The van der Waals surface area contributed by atoms with Gasteiger partial charge in [-0.2, -0.15) is 0 Å². The highest BCUT2D eigenvalue weighted by Gasteiger charge is 2.17. The van der Waals surface area contributed by atoms with Gasteiger partial charge < -0.3 is 14.8 Å². The third-order valence-corrected chi connectivity index (χ3v) is 3.26. The van der Waals surface area contributed by atoms with Gasteiger partial charge in [0.05, 0.1) is 13.7 Å². The first-order chi connectivity index (χ1) is 9.76. The van der Waals surface area contributed by atoms with E-state index < -0.39 is 11.7 Å². The maximum Gasteiger partial charge on any atom is 0.408 e. The van der Waals surface area contributed by atoms with Crippen molar-refractivity contribution in [3.05, 3.63) is 23.8 Å². The molecule has 1 rings (SSSR count). The van der Waals surface area contributed by atoms with Gasteiger partial charge >= 0.3 is 6.09 Å². The SMILES string of the molecule is COc1ccc(C(=O)CNC(=O)OC(C)(C)C)cc1SC. The van der Waals surface area contributed by atoms with Crippen molar-refractivity contribution in [2.75, 3.05) is 19.9 Å².